The van der Waals surface area contributed by atoms with Gasteiger partial charge >= 0.3 is 0 Å². The molecule has 1 aromatic heterocycles. The third-order valence-electron chi connectivity index (χ3n) is 3.72. The van der Waals surface area contributed by atoms with E-state index in [1.54, 1.807) is 17.0 Å². The maximum Gasteiger partial charge on any atom is 0.293 e. The predicted octanol–water partition coefficient (Wildman–Crippen LogP) is 1.47. The van der Waals surface area contributed by atoms with E-state index in [4.69, 9.17) is 0 Å². The van der Waals surface area contributed by atoms with E-state index in [1.165, 1.54) is 0 Å². The quantitative estimate of drug-likeness (QED) is 0.772. The Morgan fingerprint density at radius 1 is 1.39 bits per heavy atom. The highest BCUT2D eigenvalue weighted by Gasteiger charge is 2.25. The number of nitrogens with one attached hydrogen (secondary N) is 1. The van der Waals surface area contributed by atoms with Gasteiger partial charge in [0, 0.05) is 30.9 Å². The van der Waals surface area contributed by atoms with Crippen LogP contribution in [0.25, 0.3) is 0 Å². The van der Waals surface area contributed by atoms with Crippen LogP contribution in [-0.4, -0.2) is 27.8 Å². The molecule has 1 aromatic rings. The van der Waals surface area contributed by atoms with E-state index >= 15 is 0 Å². The molecule has 2 N–H and O–H groups in total. The second-order valence-electron chi connectivity index (χ2n) is 4.59. The molecule has 0 bridgehead atoms. The SMILES string of the molecule is CCn1ccnc(NCC(CC)(CC)CO)c1=O. The van der Waals surface area contributed by atoms with E-state index in [2.05, 4.69) is 10.3 Å². The molecule has 0 spiro atoms. The van der Waals surface area contributed by atoms with Gasteiger partial charge in [-0.05, 0) is 19.8 Å². The summed E-state index contributed by atoms with van der Waals surface area (Å²) in [5, 5.41) is 12.6. The topological polar surface area (TPSA) is 67.2 Å². The third-order valence-corrected chi connectivity index (χ3v) is 3.72. The van der Waals surface area contributed by atoms with Crippen LogP contribution in [0.15, 0.2) is 17.2 Å². The smallest absolute Gasteiger partial charge is 0.293 e. The van der Waals surface area contributed by atoms with Crippen molar-refractivity contribution in [2.24, 2.45) is 5.41 Å². The van der Waals surface area contributed by atoms with Gasteiger partial charge in [-0.15, -0.1) is 0 Å². The minimum absolute atomic E-state index is 0.112. The molecule has 0 fully saturated rings. The zero-order valence-corrected chi connectivity index (χ0v) is 11.4. The fourth-order valence-electron chi connectivity index (χ4n) is 1.87. The van der Waals surface area contributed by atoms with Crippen molar-refractivity contribution in [1.29, 1.82) is 0 Å². The molecule has 0 aliphatic carbocycles. The number of nitrogens with zero attached hydrogens (tertiary/aromatic N) is 2. The summed E-state index contributed by atoms with van der Waals surface area (Å²) in [6.45, 7) is 7.31. The van der Waals surface area contributed by atoms with Crippen LogP contribution < -0.4 is 10.9 Å². The minimum atomic E-state index is -0.180. The first-order valence-corrected chi connectivity index (χ1v) is 6.52. The van der Waals surface area contributed by atoms with E-state index in [0.717, 1.165) is 12.8 Å². The van der Waals surface area contributed by atoms with Crippen LogP contribution in [-0.2, 0) is 6.54 Å². The molecule has 0 unspecified atom stereocenters. The molecule has 0 saturated carbocycles. The van der Waals surface area contributed by atoms with E-state index in [1.807, 2.05) is 20.8 Å². The molecular formula is C13H23N3O2. The molecule has 0 atom stereocenters. The molecule has 102 valence electrons. The highest BCUT2D eigenvalue weighted by molar-refractivity contribution is 5.31. The molecular weight excluding hydrogens is 230 g/mol. The summed E-state index contributed by atoms with van der Waals surface area (Å²) in [6, 6.07) is 0. The number of aliphatic hydroxyl groups is 1. The maximum atomic E-state index is 12.0. The Morgan fingerprint density at radius 2 is 2.06 bits per heavy atom. The molecule has 0 aromatic carbocycles. The lowest BCUT2D eigenvalue weighted by Crippen LogP contribution is -2.34. The molecule has 1 heterocycles. The Kier molecular flexibility index (Phi) is 5.34. The number of hydrogen-bond donors (Lipinski definition) is 2. The van der Waals surface area contributed by atoms with Crippen LogP contribution in [0.4, 0.5) is 5.82 Å². The Labute approximate surface area is 108 Å². The van der Waals surface area contributed by atoms with Gasteiger partial charge in [-0.2, -0.15) is 0 Å². The second kappa shape index (κ2) is 6.54. The molecule has 18 heavy (non-hydrogen) atoms. The maximum absolute atomic E-state index is 12.0. The van der Waals surface area contributed by atoms with Crippen molar-refractivity contribution in [3.8, 4) is 0 Å². The molecule has 1 rings (SSSR count). The van der Waals surface area contributed by atoms with Gasteiger partial charge in [0.15, 0.2) is 5.82 Å². The van der Waals surface area contributed by atoms with Crippen molar-refractivity contribution < 1.29 is 5.11 Å². The van der Waals surface area contributed by atoms with Crippen molar-refractivity contribution in [1.82, 2.24) is 9.55 Å². The summed E-state index contributed by atoms with van der Waals surface area (Å²) < 4.78 is 1.61. The van der Waals surface area contributed by atoms with Gasteiger partial charge < -0.3 is 15.0 Å². The van der Waals surface area contributed by atoms with Crippen LogP contribution >= 0.6 is 0 Å². The number of aliphatic hydroxyl groups excluding tert-OH is 1. The first-order valence-electron chi connectivity index (χ1n) is 6.52. The van der Waals surface area contributed by atoms with E-state index in [-0.39, 0.29) is 17.6 Å². The van der Waals surface area contributed by atoms with E-state index in [9.17, 15) is 9.90 Å². The summed E-state index contributed by atoms with van der Waals surface area (Å²) in [4.78, 5) is 16.0. The zero-order chi connectivity index (χ0) is 13.6. The second-order valence-corrected chi connectivity index (χ2v) is 4.59. The summed E-state index contributed by atoms with van der Waals surface area (Å²) in [7, 11) is 0. The summed E-state index contributed by atoms with van der Waals surface area (Å²) in [5.41, 5.74) is -0.292. The molecule has 0 radical (unpaired) electrons. The average molecular weight is 253 g/mol. The highest BCUT2D eigenvalue weighted by Crippen LogP contribution is 2.25. The van der Waals surface area contributed by atoms with Crippen LogP contribution in [0.1, 0.15) is 33.6 Å². The van der Waals surface area contributed by atoms with Crippen molar-refractivity contribution in [3.05, 3.63) is 22.7 Å². The highest BCUT2D eigenvalue weighted by atomic mass is 16.3. The van der Waals surface area contributed by atoms with Gasteiger partial charge in [-0.1, -0.05) is 13.8 Å². The van der Waals surface area contributed by atoms with Crippen LogP contribution in [0.3, 0.4) is 0 Å². The van der Waals surface area contributed by atoms with E-state index < -0.39 is 0 Å². The number of aromatic nitrogens is 2. The van der Waals surface area contributed by atoms with Crippen molar-refractivity contribution in [2.75, 3.05) is 18.5 Å². The van der Waals surface area contributed by atoms with Crippen molar-refractivity contribution in [3.63, 3.8) is 0 Å². The molecule has 0 aliphatic heterocycles. The molecule has 0 saturated heterocycles. The van der Waals surface area contributed by atoms with Crippen molar-refractivity contribution >= 4 is 5.82 Å². The standard InChI is InChI=1S/C13H23N3O2/c1-4-13(5-2,10-17)9-15-11-12(18)16(6-3)8-7-14-11/h7-8,17H,4-6,9-10H2,1-3H3,(H,14,15). The number of anilines is 1. The van der Waals surface area contributed by atoms with Crippen LogP contribution in [0.5, 0.6) is 0 Å². The summed E-state index contributed by atoms with van der Waals surface area (Å²) in [6.07, 6.45) is 5.02. The molecule has 0 amide bonds. The Balaban J connectivity index is 2.83. The van der Waals surface area contributed by atoms with Crippen LogP contribution in [0.2, 0.25) is 0 Å². The van der Waals surface area contributed by atoms with Gasteiger partial charge in [-0.3, -0.25) is 4.79 Å². The lowest BCUT2D eigenvalue weighted by Gasteiger charge is -2.29. The Morgan fingerprint density at radius 3 is 2.56 bits per heavy atom. The molecule has 0 aliphatic rings. The number of rotatable bonds is 7. The Hall–Kier alpha value is -1.36. The van der Waals surface area contributed by atoms with E-state index in [0.29, 0.717) is 18.9 Å². The van der Waals surface area contributed by atoms with Gasteiger partial charge in [-0.25, -0.2) is 4.98 Å². The van der Waals surface area contributed by atoms with Gasteiger partial charge in [0.1, 0.15) is 0 Å². The fraction of sp³-hybridized carbons (Fsp3) is 0.692. The lowest BCUT2D eigenvalue weighted by molar-refractivity contribution is 0.127. The zero-order valence-electron chi connectivity index (χ0n) is 11.4. The van der Waals surface area contributed by atoms with Crippen molar-refractivity contribution in [2.45, 2.75) is 40.2 Å². The fourth-order valence-corrected chi connectivity index (χ4v) is 1.87. The largest absolute Gasteiger partial charge is 0.396 e. The first kappa shape index (κ1) is 14.7. The average Bonchev–Trinajstić information content (AvgIpc) is 2.42. The lowest BCUT2D eigenvalue weighted by atomic mass is 9.83. The normalized spacial score (nSPS) is 11.6. The Bertz CT molecular complexity index is 416. The number of aryl methyl sites for hydroxylation is 1. The molecule has 5 heteroatoms. The predicted molar refractivity (Wildman–Crippen MR) is 72.8 cm³/mol. The van der Waals surface area contributed by atoms with Gasteiger partial charge in [0.25, 0.3) is 5.56 Å². The monoisotopic (exact) mass is 253 g/mol. The summed E-state index contributed by atoms with van der Waals surface area (Å²) >= 11 is 0. The van der Waals surface area contributed by atoms with Gasteiger partial charge in [0.05, 0.1) is 6.61 Å². The van der Waals surface area contributed by atoms with Crippen LogP contribution in [0, 0.1) is 5.41 Å². The molecule has 5 nitrogen and oxygen atoms in total. The minimum Gasteiger partial charge on any atom is -0.396 e. The van der Waals surface area contributed by atoms with Gasteiger partial charge in [0.2, 0.25) is 0 Å². The number of hydrogen-bond acceptors (Lipinski definition) is 4. The summed E-state index contributed by atoms with van der Waals surface area (Å²) in [5.74, 6) is 0.360. The first-order chi connectivity index (χ1) is 8.62. The third kappa shape index (κ3) is 3.10.